The minimum Gasteiger partial charge on any atom is -0.370 e. The lowest BCUT2D eigenvalue weighted by molar-refractivity contribution is 0.686. The molecule has 1 aromatic heterocycles. The van der Waals surface area contributed by atoms with E-state index in [1.165, 1.54) is 11.1 Å². The Hall–Kier alpha value is -2.88. The lowest BCUT2D eigenvalue weighted by Crippen LogP contribution is -2.31. The van der Waals surface area contributed by atoms with Crippen LogP contribution in [0.1, 0.15) is 25.0 Å². The van der Waals surface area contributed by atoms with Gasteiger partial charge < -0.3 is 10.2 Å². The highest BCUT2D eigenvalue weighted by Crippen LogP contribution is 2.27. The molecule has 0 saturated carbocycles. The molecule has 0 aliphatic carbocycles. The summed E-state index contributed by atoms with van der Waals surface area (Å²) in [6, 6.07) is 21.0. The molecule has 2 aromatic carbocycles. The van der Waals surface area contributed by atoms with E-state index in [4.69, 9.17) is 9.97 Å². The fourth-order valence-corrected chi connectivity index (χ4v) is 3.40. The molecule has 1 N–H and O–H groups in total. The quantitative estimate of drug-likeness (QED) is 0.713. The van der Waals surface area contributed by atoms with E-state index < -0.39 is 0 Å². The van der Waals surface area contributed by atoms with Crippen LogP contribution in [0.2, 0.25) is 0 Å². The largest absolute Gasteiger partial charge is 0.370 e. The molecule has 4 nitrogen and oxygen atoms in total. The predicted molar refractivity (Wildman–Crippen MR) is 112 cm³/mol. The number of nitrogens with zero attached hydrogens (tertiary/aromatic N) is 3. The van der Waals surface area contributed by atoms with Crippen molar-refractivity contribution in [1.29, 1.82) is 0 Å². The van der Waals surface area contributed by atoms with E-state index in [0.717, 1.165) is 49.1 Å². The van der Waals surface area contributed by atoms with Crippen LogP contribution in [0.5, 0.6) is 0 Å². The normalized spacial score (nSPS) is 13.5. The third-order valence-corrected chi connectivity index (χ3v) is 4.89. The van der Waals surface area contributed by atoms with Crippen molar-refractivity contribution in [2.24, 2.45) is 5.92 Å². The third-order valence-electron chi connectivity index (χ3n) is 4.89. The van der Waals surface area contributed by atoms with Crippen molar-refractivity contribution >= 4 is 11.6 Å². The summed E-state index contributed by atoms with van der Waals surface area (Å²) in [5.41, 5.74) is 3.88. The Morgan fingerprint density at radius 1 is 0.963 bits per heavy atom. The molecule has 0 bridgehead atoms. The van der Waals surface area contributed by atoms with E-state index in [9.17, 15) is 0 Å². The van der Waals surface area contributed by atoms with Crippen LogP contribution in [-0.4, -0.2) is 23.1 Å². The monoisotopic (exact) mass is 358 g/mol. The lowest BCUT2D eigenvalue weighted by atomic mass is 10.00. The van der Waals surface area contributed by atoms with Crippen molar-refractivity contribution in [3.8, 4) is 11.4 Å². The number of aromatic nitrogens is 2. The molecule has 4 rings (SSSR count). The van der Waals surface area contributed by atoms with Crippen molar-refractivity contribution in [2.75, 3.05) is 23.3 Å². The Morgan fingerprint density at radius 2 is 1.70 bits per heavy atom. The molecule has 0 unspecified atom stereocenters. The molecule has 3 aromatic rings. The second-order valence-electron chi connectivity index (χ2n) is 7.52. The highest BCUT2D eigenvalue weighted by molar-refractivity contribution is 5.62. The molecular formula is C23H26N4. The zero-order chi connectivity index (χ0) is 18.6. The first-order valence-corrected chi connectivity index (χ1v) is 9.69. The SMILES string of the molecule is CC(C)CNc1cc(N2CCc3ccccc3C2)nc(-c2ccccc2)n1. The van der Waals surface area contributed by atoms with Gasteiger partial charge in [0, 0.05) is 31.3 Å². The number of rotatable bonds is 5. The predicted octanol–water partition coefficient (Wildman–Crippen LogP) is 4.77. The number of hydrogen-bond donors (Lipinski definition) is 1. The first-order valence-electron chi connectivity index (χ1n) is 9.69. The minimum atomic E-state index is 0.561. The molecule has 0 saturated heterocycles. The van der Waals surface area contributed by atoms with Gasteiger partial charge in [0.25, 0.3) is 0 Å². The van der Waals surface area contributed by atoms with Gasteiger partial charge >= 0.3 is 0 Å². The molecule has 27 heavy (non-hydrogen) atoms. The van der Waals surface area contributed by atoms with Crippen molar-refractivity contribution in [3.63, 3.8) is 0 Å². The summed E-state index contributed by atoms with van der Waals surface area (Å²) in [6.45, 7) is 7.17. The maximum absolute atomic E-state index is 4.90. The highest BCUT2D eigenvalue weighted by atomic mass is 15.2. The number of nitrogens with one attached hydrogen (secondary N) is 1. The van der Waals surface area contributed by atoms with E-state index in [1.54, 1.807) is 0 Å². The first-order chi connectivity index (χ1) is 13.2. The molecule has 2 heterocycles. The van der Waals surface area contributed by atoms with Gasteiger partial charge in [-0.2, -0.15) is 0 Å². The number of anilines is 2. The van der Waals surface area contributed by atoms with Crippen LogP contribution in [0.15, 0.2) is 60.7 Å². The van der Waals surface area contributed by atoms with Gasteiger partial charge in [0.2, 0.25) is 0 Å². The lowest BCUT2D eigenvalue weighted by Gasteiger charge is -2.30. The first kappa shape index (κ1) is 17.5. The van der Waals surface area contributed by atoms with Crippen molar-refractivity contribution in [1.82, 2.24) is 9.97 Å². The average Bonchev–Trinajstić information content (AvgIpc) is 2.72. The van der Waals surface area contributed by atoms with E-state index in [0.29, 0.717) is 5.92 Å². The molecule has 4 heteroatoms. The Morgan fingerprint density at radius 3 is 2.48 bits per heavy atom. The van der Waals surface area contributed by atoms with Crippen LogP contribution in [0, 0.1) is 5.92 Å². The molecule has 0 amide bonds. The van der Waals surface area contributed by atoms with Gasteiger partial charge in [-0.05, 0) is 23.5 Å². The van der Waals surface area contributed by atoms with Crippen molar-refractivity contribution < 1.29 is 0 Å². The van der Waals surface area contributed by atoms with Gasteiger partial charge in [0.05, 0.1) is 0 Å². The second-order valence-corrected chi connectivity index (χ2v) is 7.52. The van der Waals surface area contributed by atoms with E-state index in [-0.39, 0.29) is 0 Å². The third kappa shape index (κ3) is 4.11. The maximum atomic E-state index is 4.90. The van der Waals surface area contributed by atoms with Crippen molar-refractivity contribution in [3.05, 3.63) is 71.8 Å². The minimum absolute atomic E-state index is 0.561. The van der Waals surface area contributed by atoms with Crippen molar-refractivity contribution in [2.45, 2.75) is 26.8 Å². The summed E-state index contributed by atoms with van der Waals surface area (Å²) in [5.74, 6) is 3.22. The Labute approximate surface area is 161 Å². The van der Waals surface area contributed by atoms with E-state index in [2.05, 4.69) is 66.5 Å². The molecule has 1 aliphatic rings. The van der Waals surface area contributed by atoms with Crippen LogP contribution < -0.4 is 10.2 Å². The summed E-state index contributed by atoms with van der Waals surface area (Å²) < 4.78 is 0. The smallest absolute Gasteiger partial charge is 0.163 e. The van der Waals surface area contributed by atoms with E-state index in [1.807, 2.05) is 18.2 Å². The Bertz CT molecular complexity index is 905. The highest BCUT2D eigenvalue weighted by Gasteiger charge is 2.19. The summed E-state index contributed by atoms with van der Waals surface area (Å²) in [6.07, 6.45) is 1.05. The molecule has 1 aliphatic heterocycles. The number of benzene rings is 2. The standard InChI is InChI=1S/C23H26N4/c1-17(2)15-24-21-14-22(26-23(25-21)19-9-4-3-5-10-19)27-13-12-18-8-6-7-11-20(18)16-27/h3-11,14,17H,12-13,15-16H2,1-2H3,(H,24,25,26). The maximum Gasteiger partial charge on any atom is 0.163 e. The molecule has 0 spiro atoms. The summed E-state index contributed by atoms with van der Waals surface area (Å²) >= 11 is 0. The second kappa shape index (κ2) is 7.78. The Kier molecular flexibility index (Phi) is 5.05. The van der Waals surface area contributed by atoms with Crippen LogP contribution in [0.3, 0.4) is 0 Å². The molecule has 0 radical (unpaired) electrons. The topological polar surface area (TPSA) is 41.0 Å². The number of hydrogen-bond acceptors (Lipinski definition) is 4. The summed E-state index contributed by atoms with van der Waals surface area (Å²) in [5, 5.41) is 3.48. The average molecular weight is 358 g/mol. The van der Waals surface area contributed by atoms with Gasteiger partial charge in [0.15, 0.2) is 5.82 Å². The summed E-state index contributed by atoms with van der Waals surface area (Å²) in [4.78, 5) is 12.0. The molecule has 0 fully saturated rings. The van der Waals surface area contributed by atoms with Gasteiger partial charge in [0.1, 0.15) is 11.6 Å². The van der Waals surface area contributed by atoms with Crippen LogP contribution >= 0.6 is 0 Å². The summed E-state index contributed by atoms with van der Waals surface area (Å²) in [7, 11) is 0. The van der Waals surface area contributed by atoms with Gasteiger partial charge in [-0.1, -0.05) is 68.4 Å². The molecule has 138 valence electrons. The van der Waals surface area contributed by atoms with E-state index >= 15 is 0 Å². The van der Waals surface area contributed by atoms with Crippen LogP contribution in [0.4, 0.5) is 11.6 Å². The fraction of sp³-hybridized carbons (Fsp3) is 0.304. The fourth-order valence-electron chi connectivity index (χ4n) is 3.40. The van der Waals surface area contributed by atoms with Gasteiger partial charge in [-0.15, -0.1) is 0 Å². The Balaban J connectivity index is 1.68. The molecule has 0 atom stereocenters. The zero-order valence-electron chi connectivity index (χ0n) is 16.0. The van der Waals surface area contributed by atoms with Gasteiger partial charge in [-0.25, -0.2) is 9.97 Å². The zero-order valence-corrected chi connectivity index (χ0v) is 16.0. The van der Waals surface area contributed by atoms with Crippen LogP contribution in [0.25, 0.3) is 11.4 Å². The molecular weight excluding hydrogens is 332 g/mol. The van der Waals surface area contributed by atoms with Gasteiger partial charge in [-0.3, -0.25) is 0 Å². The van der Waals surface area contributed by atoms with Crippen LogP contribution in [-0.2, 0) is 13.0 Å². The number of fused-ring (bicyclic) bond motifs is 1.